The number of nitrogens with one attached hydrogen (secondary N) is 3. The zero-order valence-electron chi connectivity index (χ0n) is 20.4. The molecular weight excluding hydrogens is 470 g/mol. The second-order valence-electron chi connectivity index (χ2n) is 8.85. The number of fused-ring (bicyclic) bond motifs is 1. The minimum absolute atomic E-state index is 0.112. The number of pyridine rings is 2. The van der Waals surface area contributed by atoms with E-state index < -0.39 is 0 Å². The number of para-hydroxylation sites is 1. The number of hydrogen-bond donors (Lipinski definition) is 3. The summed E-state index contributed by atoms with van der Waals surface area (Å²) < 4.78 is 0. The minimum atomic E-state index is -0.112. The lowest BCUT2D eigenvalue weighted by Crippen LogP contribution is -2.19. The normalized spacial score (nSPS) is 13.8. The van der Waals surface area contributed by atoms with Crippen LogP contribution in [0, 0.1) is 0 Å². The Morgan fingerprint density at radius 2 is 1.92 bits per heavy atom. The van der Waals surface area contributed by atoms with Crippen LogP contribution in [0.1, 0.15) is 34.7 Å². The van der Waals surface area contributed by atoms with Crippen LogP contribution < -0.4 is 16.0 Å². The molecule has 9 heteroatoms. The summed E-state index contributed by atoms with van der Waals surface area (Å²) >= 11 is 1.78. The molecule has 1 saturated carbocycles. The first-order valence-electron chi connectivity index (χ1n) is 12.0. The Kier molecular flexibility index (Phi) is 7.27. The molecule has 184 valence electrons. The van der Waals surface area contributed by atoms with E-state index in [0.717, 1.165) is 45.1 Å². The molecule has 1 unspecified atom stereocenters. The number of aromatic nitrogens is 4. The van der Waals surface area contributed by atoms with Crippen molar-refractivity contribution in [1.29, 1.82) is 0 Å². The van der Waals surface area contributed by atoms with Crippen molar-refractivity contribution >= 4 is 40.2 Å². The maximum absolute atomic E-state index is 12.4. The SMILES string of the molecule is CNC(=O)c1ccnc2c(C(CNc3cc(-c4ccnc(NC5CC5)c4)ncn3)CSC)cccc12. The first kappa shape index (κ1) is 24.0. The number of amides is 1. The van der Waals surface area contributed by atoms with Crippen molar-refractivity contribution in [3.63, 3.8) is 0 Å². The Labute approximate surface area is 214 Å². The van der Waals surface area contributed by atoms with E-state index >= 15 is 0 Å². The number of carbonyl (C=O) groups excluding carboxylic acids is 1. The zero-order chi connectivity index (χ0) is 24.9. The number of carbonyl (C=O) groups is 1. The molecular formula is C27H29N7OS. The van der Waals surface area contributed by atoms with Crippen molar-refractivity contribution < 1.29 is 4.79 Å². The molecule has 1 amide bonds. The van der Waals surface area contributed by atoms with Gasteiger partial charge in [0, 0.05) is 60.7 Å². The fourth-order valence-corrected chi connectivity index (χ4v) is 4.97. The summed E-state index contributed by atoms with van der Waals surface area (Å²) in [6, 6.07) is 14.3. The largest absolute Gasteiger partial charge is 0.369 e. The molecule has 5 rings (SSSR count). The molecule has 1 aromatic carbocycles. The number of anilines is 2. The van der Waals surface area contributed by atoms with Gasteiger partial charge in [-0.1, -0.05) is 18.2 Å². The lowest BCUT2D eigenvalue weighted by molar-refractivity contribution is 0.0964. The number of rotatable bonds is 10. The van der Waals surface area contributed by atoms with E-state index in [1.807, 2.05) is 36.5 Å². The van der Waals surface area contributed by atoms with E-state index in [0.29, 0.717) is 18.2 Å². The van der Waals surface area contributed by atoms with E-state index in [4.69, 9.17) is 0 Å². The first-order valence-corrected chi connectivity index (χ1v) is 13.4. The van der Waals surface area contributed by atoms with E-state index in [1.165, 1.54) is 12.8 Å². The van der Waals surface area contributed by atoms with Crippen LogP contribution in [-0.4, -0.2) is 57.5 Å². The second-order valence-corrected chi connectivity index (χ2v) is 9.76. The van der Waals surface area contributed by atoms with Gasteiger partial charge >= 0.3 is 0 Å². The monoisotopic (exact) mass is 499 g/mol. The summed E-state index contributed by atoms with van der Waals surface area (Å²) in [5.74, 6) is 2.60. The highest BCUT2D eigenvalue weighted by Crippen LogP contribution is 2.30. The predicted molar refractivity (Wildman–Crippen MR) is 147 cm³/mol. The van der Waals surface area contributed by atoms with E-state index in [2.05, 4.69) is 48.2 Å². The standard InChI is InChI=1S/C27H29N7OS/c1-28-27(35)22-9-11-30-26-20(4-3-5-21(22)26)18(15-36-2)14-31-24-13-23(32-16-33-24)17-8-10-29-25(12-17)34-19-6-7-19/h3-5,8-13,16,18-19H,6-7,14-15H2,1-2H3,(H,28,35)(H,29,34)(H,31,32,33). The molecule has 0 saturated heterocycles. The van der Waals surface area contributed by atoms with Crippen LogP contribution in [0.2, 0.25) is 0 Å². The van der Waals surface area contributed by atoms with Crippen molar-refractivity contribution in [2.45, 2.75) is 24.8 Å². The first-order chi connectivity index (χ1) is 17.7. The molecule has 0 bridgehead atoms. The van der Waals surface area contributed by atoms with Gasteiger partial charge in [-0.25, -0.2) is 15.0 Å². The average Bonchev–Trinajstić information content (AvgIpc) is 3.74. The van der Waals surface area contributed by atoms with Gasteiger partial charge in [-0.3, -0.25) is 9.78 Å². The summed E-state index contributed by atoms with van der Waals surface area (Å²) in [6.07, 6.45) is 9.60. The predicted octanol–water partition coefficient (Wildman–Crippen LogP) is 4.58. The van der Waals surface area contributed by atoms with Crippen LogP contribution in [0.15, 0.2) is 61.2 Å². The topological polar surface area (TPSA) is 105 Å². The summed E-state index contributed by atoms with van der Waals surface area (Å²) in [7, 11) is 1.64. The Balaban J connectivity index is 1.37. The molecule has 1 aliphatic rings. The highest BCUT2D eigenvalue weighted by Gasteiger charge is 2.21. The average molecular weight is 500 g/mol. The van der Waals surface area contributed by atoms with Crippen molar-refractivity contribution in [2.24, 2.45) is 0 Å². The van der Waals surface area contributed by atoms with E-state index in [1.54, 1.807) is 37.4 Å². The molecule has 3 aromatic heterocycles. The van der Waals surface area contributed by atoms with E-state index in [9.17, 15) is 4.79 Å². The smallest absolute Gasteiger partial charge is 0.251 e. The Morgan fingerprint density at radius 1 is 1.06 bits per heavy atom. The Hall–Kier alpha value is -3.72. The van der Waals surface area contributed by atoms with Crippen molar-refractivity contribution in [1.82, 2.24) is 25.3 Å². The third-order valence-electron chi connectivity index (χ3n) is 6.26. The van der Waals surface area contributed by atoms with Crippen LogP contribution >= 0.6 is 11.8 Å². The fraction of sp³-hybridized carbons (Fsp3) is 0.296. The highest BCUT2D eigenvalue weighted by molar-refractivity contribution is 7.98. The molecule has 0 radical (unpaired) electrons. The molecule has 8 nitrogen and oxygen atoms in total. The van der Waals surface area contributed by atoms with Crippen molar-refractivity contribution in [3.8, 4) is 11.3 Å². The Morgan fingerprint density at radius 3 is 2.72 bits per heavy atom. The second kappa shape index (κ2) is 10.9. The maximum atomic E-state index is 12.4. The third-order valence-corrected chi connectivity index (χ3v) is 7.00. The Bertz CT molecular complexity index is 1380. The molecule has 0 spiro atoms. The molecule has 4 aromatic rings. The minimum Gasteiger partial charge on any atom is -0.369 e. The maximum Gasteiger partial charge on any atom is 0.251 e. The number of hydrogen-bond acceptors (Lipinski definition) is 8. The summed E-state index contributed by atoms with van der Waals surface area (Å²) in [5, 5.41) is 10.5. The molecule has 36 heavy (non-hydrogen) atoms. The molecule has 3 heterocycles. The van der Waals surface area contributed by atoms with Gasteiger partial charge in [-0.2, -0.15) is 11.8 Å². The summed E-state index contributed by atoms with van der Waals surface area (Å²) in [4.78, 5) is 30.4. The molecule has 1 fully saturated rings. The lowest BCUT2D eigenvalue weighted by atomic mass is 9.95. The molecule has 0 aliphatic heterocycles. The molecule has 1 aliphatic carbocycles. The number of nitrogens with zero attached hydrogens (tertiary/aromatic N) is 4. The van der Waals surface area contributed by atoms with Gasteiger partial charge in [0.05, 0.1) is 16.8 Å². The summed E-state index contributed by atoms with van der Waals surface area (Å²) in [5.41, 5.74) is 4.44. The number of thioether (sulfide) groups is 1. The van der Waals surface area contributed by atoms with Gasteiger partial charge in [0.1, 0.15) is 18.0 Å². The van der Waals surface area contributed by atoms with Crippen molar-refractivity contribution in [2.75, 3.05) is 36.2 Å². The lowest BCUT2D eigenvalue weighted by Gasteiger charge is -2.19. The van der Waals surface area contributed by atoms with Crippen LogP contribution in [0.25, 0.3) is 22.2 Å². The van der Waals surface area contributed by atoms with Gasteiger partial charge in [0.2, 0.25) is 0 Å². The van der Waals surface area contributed by atoms with E-state index in [-0.39, 0.29) is 11.8 Å². The van der Waals surface area contributed by atoms with Gasteiger partial charge in [0.15, 0.2) is 0 Å². The van der Waals surface area contributed by atoms with Gasteiger partial charge in [-0.15, -0.1) is 0 Å². The van der Waals surface area contributed by atoms with Crippen LogP contribution in [0.3, 0.4) is 0 Å². The quantitative estimate of drug-likeness (QED) is 0.291. The van der Waals surface area contributed by atoms with Crippen molar-refractivity contribution in [3.05, 3.63) is 72.3 Å². The zero-order valence-corrected chi connectivity index (χ0v) is 21.2. The summed E-state index contributed by atoms with van der Waals surface area (Å²) in [6.45, 7) is 0.674. The molecule has 3 N–H and O–H groups in total. The number of benzene rings is 1. The highest BCUT2D eigenvalue weighted by atomic mass is 32.2. The van der Waals surface area contributed by atoms with Gasteiger partial charge in [-0.05, 0) is 42.9 Å². The van der Waals surface area contributed by atoms with Crippen LogP contribution in [-0.2, 0) is 0 Å². The van der Waals surface area contributed by atoms with Crippen LogP contribution in [0.4, 0.5) is 11.6 Å². The van der Waals surface area contributed by atoms with Gasteiger partial charge in [0.25, 0.3) is 5.91 Å². The fourth-order valence-electron chi connectivity index (χ4n) is 4.27. The molecule has 1 atom stereocenters. The van der Waals surface area contributed by atoms with Crippen LogP contribution in [0.5, 0.6) is 0 Å². The van der Waals surface area contributed by atoms with Gasteiger partial charge < -0.3 is 16.0 Å². The third kappa shape index (κ3) is 5.41.